The zero-order chi connectivity index (χ0) is 18.8. The van der Waals surface area contributed by atoms with Crippen LogP contribution in [0.1, 0.15) is 11.1 Å². The largest absolute Gasteiger partial charge is 0.504 e. The van der Waals surface area contributed by atoms with Gasteiger partial charge in [-0.15, -0.1) is 0 Å². The van der Waals surface area contributed by atoms with Crippen LogP contribution in [0.2, 0.25) is 0 Å². The molecule has 134 valence electrons. The number of thioether (sulfide) groups is 1. The normalized spacial score (nSPS) is 15.8. The third kappa shape index (κ3) is 3.76. The van der Waals surface area contributed by atoms with E-state index in [-0.39, 0.29) is 28.8 Å². The van der Waals surface area contributed by atoms with Crippen molar-refractivity contribution in [3.8, 4) is 11.5 Å². The Hall–Kier alpha value is -2.32. The molecule has 8 heteroatoms. The Morgan fingerprint density at radius 2 is 1.96 bits per heavy atom. The maximum Gasteiger partial charge on any atom is 0.293 e. The number of rotatable bonds is 4. The van der Waals surface area contributed by atoms with E-state index in [0.29, 0.717) is 15.6 Å². The van der Waals surface area contributed by atoms with E-state index in [1.165, 1.54) is 37.5 Å². The first-order valence-electron chi connectivity index (χ1n) is 7.45. The van der Waals surface area contributed by atoms with Crippen molar-refractivity contribution in [3.05, 3.63) is 62.7 Å². The summed E-state index contributed by atoms with van der Waals surface area (Å²) < 4.78 is 18.7. The number of halogens is 2. The van der Waals surface area contributed by atoms with Gasteiger partial charge in [-0.25, -0.2) is 4.39 Å². The molecule has 1 saturated heterocycles. The highest BCUT2D eigenvalue weighted by molar-refractivity contribution is 9.10. The smallest absolute Gasteiger partial charge is 0.293 e. The summed E-state index contributed by atoms with van der Waals surface area (Å²) in [7, 11) is 1.42. The molecule has 1 fully saturated rings. The third-order valence-electron chi connectivity index (χ3n) is 3.70. The standard InChI is InChI=1S/C18H13BrFNO4S/c1-25-14-8-12(19)6-11(16(14)22)7-15-17(23)21(18(24)26-15)9-10-2-4-13(20)5-3-10/h2-8,22H,9H2,1H3/b15-7-. The number of benzene rings is 2. The van der Waals surface area contributed by atoms with Crippen molar-refractivity contribution in [2.45, 2.75) is 6.54 Å². The predicted octanol–water partition coefficient (Wildman–Crippen LogP) is 4.54. The molecule has 0 bridgehead atoms. The van der Waals surface area contributed by atoms with E-state index in [1.807, 2.05) is 0 Å². The van der Waals surface area contributed by atoms with Crippen LogP contribution in [-0.4, -0.2) is 28.3 Å². The summed E-state index contributed by atoms with van der Waals surface area (Å²) in [6.07, 6.45) is 1.44. The van der Waals surface area contributed by atoms with Gasteiger partial charge in [0.05, 0.1) is 18.6 Å². The van der Waals surface area contributed by atoms with Gasteiger partial charge < -0.3 is 9.84 Å². The molecule has 5 nitrogen and oxygen atoms in total. The van der Waals surface area contributed by atoms with Crippen LogP contribution < -0.4 is 4.74 Å². The van der Waals surface area contributed by atoms with Crippen LogP contribution in [0.5, 0.6) is 11.5 Å². The van der Waals surface area contributed by atoms with Crippen molar-refractivity contribution in [2.75, 3.05) is 7.11 Å². The van der Waals surface area contributed by atoms with Gasteiger partial charge in [0.1, 0.15) is 5.82 Å². The lowest BCUT2D eigenvalue weighted by atomic mass is 10.1. The predicted molar refractivity (Wildman–Crippen MR) is 100 cm³/mol. The molecule has 0 aromatic heterocycles. The summed E-state index contributed by atoms with van der Waals surface area (Å²) >= 11 is 4.09. The molecule has 0 saturated carbocycles. The van der Waals surface area contributed by atoms with Crippen LogP contribution in [0.3, 0.4) is 0 Å². The van der Waals surface area contributed by atoms with Crippen LogP contribution in [0, 0.1) is 5.82 Å². The first kappa shape index (κ1) is 18.5. The Morgan fingerprint density at radius 3 is 2.62 bits per heavy atom. The van der Waals surface area contributed by atoms with Crippen LogP contribution >= 0.6 is 27.7 Å². The van der Waals surface area contributed by atoms with E-state index in [1.54, 1.807) is 12.1 Å². The highest BCUT2D eigenvalue weighted by Crippen LogP contribution is 2.38. The molecule has 2 aromatic carbocycles. The van der Waals surface area contributed by atoms with Crippen LogP contribution in [-0.2, 0) is 11.3 Å². The molecular formula is C18H13BrFNO4S. The number of phenolic OH excluding ortho intramolecular Hbond substituents is 1. The van der Waals surface area contributed by atoms with Gasteiger partial charge in [0.2, 0.25) is 0 Å². The van der Waals surface area contributed by atoms with Crippen molar-refractivity contribution in [1.82, 2.24) is 4.90 Å². The molecule has 0 radical (unpaired) electrons. The lowest BCUT2D eigenvalue weighted by Gasteiger charge is -2.12. The van der Waals surface area contributed by atoms with Gasteiger partial charge in [-0.05, 0) is 47.7 Å². The van der Waals surface area contributed by atoms with E-state index >= 15 is 0 Å². The second-order valence-electron chi connectivity index (χ2n) is 5.44. The Labute approximate surface area is 161 Å². The summed E-state index contributed by atoms with van der Waals surface area (Å²) in [4.78, 5) is 26.0. The molecular weight excluding hydrogens is 425 g/mol. The number of carbonyl (C=O) groups is 2. The second kappa shape index (κ2) is 7.51. The second-order valence-corrected chi connectivity index (χ2v) is 7.35. The number of carbonyl (C=O) groups excluding carboxylic acids is 2. The quantitative estimate of drug-likeness (QED) is 0.711. The average molecular weight is 438 g/mol. The van der Waals surface area contributed by atoms with Gasteiger partial charge in [-0.3, -0.25) is 14.5 Å². The first-order valence-corrected chi connectivity index (χ1v) is 9.06. The van der Waals surface area contributed by atoms with Crippen molar-refractivity contribution in [1.29, 1.82) is 0 Å². The molecule has 2 aromatic rings. The number of ether oxygens (including phenoxy) is 1. The number of hydrogen-bond acceptors (Lipinski definition) is 5. The molecule has 2 amide bonds. The van der Waals surface area contributed by atoms with Crippen molar-refractivity contribution in [3.63, 3.8) is 0 Å². The number of amides is 2. The summed E-state index contributed by atoms with van der Waals surface area (Å²) in [5.41, 5.74) is 0.991. The van der Waals surface area contributed by atoms with E-state index in [2.05, 4.69) is 15.9 Å². The third-order valence-corrected chi connectivity index (χ3v) is 5.07. The fourth-order valence-electron chi connectivity index (χ4n) is 2.41. The van der Waals surface area contributed by atoms with Crippen LogP contribution in [0.15, 0.2) is 45.8 Å². The van der Waals surface area contributed by atoms with Crippen molar-refractivity contribution >= 4 is 44.9 Å². The topological polar surface area (TPSA) is 66.8 Å². The first-order chi connectivity index (χ1) is 12.4. The average Bonchev–Trinajstić information content (AvgIpc) is 2.87. The molecule has 0 spiro atoms. The van der Waals surface area contributed by atoms with Gasteiger partial charge in [0.25, 0.3) is 11.1 Å². The summed E-state index contributed by atoms with van der Waals surface area (Å²) in [5, 5.41) is 9.78. The summed E-state index contributed by atoms with van der Waals surface area (Å²) in [6.45, 7) is 0.0517. The van der Waals surface area contributed by atoms with E-state index in [0.717, 1.165) is 16.7 Å². The van der Waals surface area contributed by atoms with Crippen molar-refractivity contribution < 1.29 is 23.8 Å². The fourth-order valence-corrected chi connectivity index (χ4v) is 3.69. The van der Waals surface area contributed by atoms with E-state index in [9.17, 15) is 19.1 Å². The molecule has 26 heavy (non-hydrogen) atoms. The number of aromatic hydroxyl groups is 1. The number of imide groups is 1. The zero-order valence-electron chi connectivity index (χ0n) is 13.5. The Bertz CT molecular complexity index is 914. The Kier molecular flexibility index (Phi) is 5.33. The number of methoxy groups -OCH3 is 1. The van der Waals surface area contributed by atoms with Gasteiger partial charge in [-0.2, -0.15) is 0 Å². The minimum Gasteiger partial charge on any atom is -0.504 e. The Morgan fingerprint density at radius 1 is 1.27 bits per heavy atom. The minimum atomic E-state index is -0.470. The SMILES string of the molecule is COc1cc(Br)cc(/C=C2\SC(=O)N(Cc3ccc(F)cc3)C2=O)c1O. The molecule has 1 N–H and O–H groups in total. The molecule has 0 aliphatic carbocycles. The molecule has 0 unspecified atom stereocenters. The molecule has 0 atom stereocenters. The fraction of sp³-hybridized carbons (Fsp3) is 0.111. The monoisotopic (exact) mass is 437 g/mol. The summed E-state index contributed by atoms with van der Waals surface area (Å²) in [6, 6.07) is 8.80. The summed E-state index contributed by atoms with van der Waals surface area (Å²) in [5.74, 6) is -0.735. The van der Waals surface area contributed by atoms with Gasteiger partial charge >= 0.3 is 0 Å². The van der Waals surface area contributed by atoms with E-state index in [4.69, 9.17) is 4.74 Å². The highest BCUT2D eigenvalue weighted by Gasteiger charge is 2.35. The zero-order valence-corrected chi connectivity index (χ0v) is 15.9. The maximum atomic E-state index is 13.0. The highest BCUT2D eigenvalue weighted by atomic mass is 79.9. The molecule has 3 rings (SSSR count). The lowest BCUT2D eigenvalue weighted by molar-refractivity contribution is -0.123. The van der Waals surface area contributed by atoms with Crippen LogP contribution in [0.25, 0.3) is 6.08 Å². The van der Waals surface area contributed by atoms with Gasteiger partial charge in [0.15, 0.2) is 11.5 Å². The lowest BCUT2D eigenvalue weighted by Crippen LogP contribution is -2.27. The van der Waals surface area contributed by atoms with Crippen molar-refractivity contribution in [2.24, 2.45) is 0 Å². The van der Waals surface area contributed by atoms with Gasteiger partial charge in [-0.1, -0.05) is 28.1 Å². The Balaban J connectivity index is 1.88. The number of hydrogen-bond donors (Lipinski definition) is 1. The molecule has 1 aliphatic heterocycles. The number of phenols is 1. The molecule has 1 aliphatic rings. The molecule has 1 heterocycles. The van der Waals surface area contributed by atoms with Gasteiger partial charge in [0, 0.05) is 10.0 Å². The van der Waals surface area contributed by atoms with Crippen LogP contribution in [0.4, 0.5) is 9.18 Å². The van der Waals surface area contributed by atoms with E-state index < -0.39 is 11.1 Å². The minimum absolute atomic E-state index is 0.0517. The number of nitrogens with zero attached hydrogens (tertiary/aromatic N) is 1. The maximum absolute atomic E-state index is 13.0.